The fraction of sp³-hybridized carbons (Fsp3) is 0.308. The number of carbonyl (C=O) groups excluding carboxylic acids is 2. The van der Waals surface area contributed by atoms with E-state index in [-0.39, 0.29) is 24.5 Å². The van der Waals surface area contributed by atoms with Gasteiger partial charge in [-0.05, 0) is 42.7 Å². The van der Waals surface area contributed by atoms with E-state index in [1.165, 1.54) is 0 Å². The Morgan fingerprint density at radius 2 is 1.82 bits per heavy atom. The molecule has 172 valence electrons. The molecule has 1 aliphatic rings. The number of methoxy groups -OCH3 is 1. The van der Waals surface area contributed by atoms with Crippen LogP contribution in [0.15, 0.2) is 72.9 Å². The number of aromatic nitrogens is 1. The standard InChI is InChI=1S/C26H30N4O3/c1-28-15-7-11-23(28)18-29(17-20-8-4-3-5-9-20)25(31)19-30(22-13-14-22)26(32)27-21-10-6-12-24(16-21)33-2/h3-12,15-16,22H,13-14,17-19H2,1-2H3,(H,27,32). The number of hydrogen-bond donors (Lipinski definition) is 1. The number of aryl methyl sites for hydroxylation is 1. The van der Waals surface area contributed by atoms with Crippen LogP contribution in [-0.4, -0.2) is 46.0 Å². The SMILES string of the molecule is COc1cccc(NC(=O)N(CC(=O)N(Cc2ccccc2)Cc2cccn2C)C2CC2)c1. The van der Waals surface area contributed by atoms with Crippen LogP contribution in [-0.2, 0) is 24.9 Å². The first-order valence-corrected chi connectivity index (χ1v) is 11.2. The van der Waals surface area contributed by atoms with Crippen molar-refractivity contribution in [3.8, 4) is 5.75 Å². The lowest BCUT2D eigenvalue weighted by molar-refractivity contribution is -0.133. The molecule has 1 N–H and O–H groups in total. The summed E-state index contributed by atoms with van der Waals surface area (Å²) < 4.78 is 7.25. The summed E-state index contributed by atoms with van der Waals surface area (Å²) in [6.07, 6.45) is 3.79. The summed E-state index contributed by atoms with van der Waals surface area (Å²) in [7, 11) is 3.56. The van der Waals surface area contributed by atoms with Crippen molar-refractivity contribution in [3.05, 3.63) is 84.2 Å². The monoisotopic (exact) mass is 446 g/mol. The second-order valence-corrected chi connectivity index (χ2v) is 8.37. The minimum absolute atomic E-state index is 0.0394. The summed E-state index contributed by atoms with van der Waals surface area (Å²) in [6.45, 7) is 1.01. The zero-order valence-electron chi connectivity index (χ0n) is 19.1. The van der Waals surface area contributed by atoms with E-state index in [2.05, 4.69) is 5.32 Å². The second-order valence-electron chi connectivity index (χ2n) is 8.37. The third-order valence-corrected chi connectivity index (χ3v) is 5.85. The molecule has 7 nitrogen and oxygen atoms in total. The molecule has 4 rings (SSSR count). The Bertz CT molecular complexity index is 1090. The van der Waals surface area contributed by atoms with Crippen LogP contribution in [0.1, 0.15) is 24.1 Å². The predicted octanol–water partition coefficient (Wildman–Crippen LogP) is 4.26. The van der Waals surface area contributed by atoms with E-state index < -0.39 is 0 Å². The fourth-order valence-corrected chi connectivity index (χ4v) is 3.79. The van der Waals surface area contributed by atoms with Gasteiger partial charge in [0.05, 0.1) is 13.7 Å². The van der Waals surface area contributed by atoms with Gasteiger partial charge in [0.1, 0.15) is 12.3 Å². The molecule has 0 aliphatic heterocycles. The zero-order chi connectivity index (χ0) is 23.2. The van der Waals surface area contributed by atoms with Crippen molar-refractivity contribution in [2.45, 2.75) is 32.0 Å². The van der Waals surface area contributed by atoms with Crippen molar-refractivity contribution in [3.63, 3.8) is 0 Å². The van der Waals surface area contributed by atoms with Gasteiger partial charge in [0, 0.05) is 43.3 Å². The van der Waals surface area contributed by atoms with Crippen LogP contribution in [0.4, 0.5) is 10.5 Å². The van der Waals surface area contributed by atoms with Gasteiger partial charge in [0.25, 0.3) is 0 Å². The number of hydrogen-bond acceptors (Lipinski definition) is 3. The van der Waals surface area contributed by atoms with Crippen molar-refractivity contribution < 1.29 is 14.3 Å². The molecule has 0 atom stereocenters. The van der Waals surface area contributed by atoms with Crippen molar-refractivity contribution in [1.29, 1.82) is 0 Å². The van der Waals surface area contributed by atoms with E-state index in [1.807, 2.05) is 83.4 Å². The summed E-state index contributed by atoms with van der Waals surface area (Å²) in [6, 6.07) is 21.0. The number of benzene rings is 2. The molecule has 0 unspecified atom stereocenters. The molecule has 0 radical (unpaired) electrons. The maximum atomic E-state index is 13.5. The van der Waals surface area contributed by atoms with Crippen LogP contribution in [0.25, 0.3) is 0 Å². The smallest absolute Gasteiger partial charge is 0.322 e. The summed E-state index contributed by atoms with van der Waals surface area (Å²) in [5.41, 5.74) is 2.74. The highest BCUT2D eigenvalue weighted by atomic mass is 16.5. The van der Waals surface area contributed by atoms with Gasteiger partial charge in [-0.15, -0.1) is 0 Å². The molecule has 1 aromatic heterocycles. The Balaban J connectivity index is 1.49. The third-order valence-electron chi connectivity index (χ3n) is 5.85. The first-order chi connectivity index (χ1) is 16.0. The molecule has 1 heterocycles. The fourth-order valence-electron chi connectivity index (χ4n) is 3.79. The lowest BCUT2D eigenvalue weighted by Crippen LogP contribution is -2.45. The number of urea groups is 1. The summed E-state index contributed by atoms with van der Waals surface area (Å²) >= 11 is 0. The lowest BCUT2D eigenvalue weighted by Gasteiger charge is -2.28. The average Bonchev–Trinajstić information content (AvgIpc) is 3.59. The Labute approximate surface area is 194 Å². The van der Waals surface area contributed by atoms with Crippen molar-refractivity contribution in [2.24, 2.45) is 7.05 Å². The van der Waals surface area contributed by atoms with E-state index in [0.717, 1.165) is 24.1 Å². The number of amides is 3. The van der Waals surface area contributed by atoms with Crippen molar-refractivity contribution in [1.82, 2.24) is 14.4 Å². The van der Waals surface area contributed by atoms with Gasteiger partial charge in [0.15, 0.2) is 0 Å². The van der Waals surface area contributed by atoms with Gasteiger partial charge in [-0.1, -0.05) is 36.4 Å². The number of carbonyl (C=O) groups is 2. The van der Waals surface area contributed by atoms with Crippen LogP contribution in [0.3, 0.4) is 0 Å². The highest BCUT2D eigenvalue weighted by molar-refractivity contribution is 5.93. The molecule has 1 aliphatic carbocycles. The van der Waals surface area contributed by atoms with Gasteiger partial charge >= 0.3 is 6.03 Å². The molecule has 1 saturated carbocycles. The minimum atomic E-state index is -0.266. The van der Waals surface area contributed by atoms with Gasteiger partial charge in [-0.25, -0.2) is 4.79 Å². The summed E-state index contributed by atoms with van der Waals surface area (Å²) in [5, 5.41) is 2.92. The molecule has 0 spiro atoms. The highest BCUT2D eigenvalue weighted by Crippen LogP contribution is 2.28. The van der Waals surface area contributed by atoms with E-state index in [9.17, 15) is 9.59 Å². The first-order valence-electron chi connectivity index (χ1n) is 11.2. The van der Waals surface area contributed by atoms with Crippen LogP contribution >= 0.6 is 0 Å². The zero-order valence-corrected chi connectivity index (χ0v) is 19.1. The molecule has 0 saturated heterocycles. The first kappa shape index (κ1) is 22.5. The predicted molar refractivity (Wildman–Crippen MR) is 128 cm³/mol. The quantitative estimate of drug-likeness (QED) is 0.534. The Morgan fingerprint density at radius 3 is 2.48 bits per heavy atom. The maximum Gasteiger partial charge on any atom is 0.322 e. The number of nitrogens with zero attached hydrogens (tertiary/aromatic N) is 3. The number of nitrogens with one attached hydrogen (secondary N) is 1. The molecular weight excluding hydrogens is 416 g/mol. The van der Waals surface area contributed by atoms with E-state index in [0.29, 0.717) is 24.5 Å². The van der Waals surface area contributed by atoms with Gasteiger partial charge in [-0.3, -0.25) is 4.79 Å². The minimum Gasteiger partial charge on any atom is -0.497 e. The molecular formula is C26H30N4O3. The van der Waals surface area contributed by atoms with E-state index in [4.69, 9.17) is 4.74 Å². The highest BCUT2D eigenvalue weighted by Gasteiger charge is 2.35. The molecule has 1 fully saturated rings. The van der Waals surface area contributed by atoms with Crippen molar-refractivity contribution in [2.75, 3.05) is 19.0 Å². The van der Waals surface area contributed by atoms with Crippen LogP contribution in [0, 0.1) is 0 Å². The number of rotatable bonds is 9. The molecule has 3 amide bonds. The molecule has 7 heteroatoms. The van der Waals surface area contributed by atoms with E-state index >= 15 is 0 Å². The summed E-state index contributed by atoms with van der Waals surface area (Å²) in [4.78, 5) is 30.0. The normalized spacial score (nSPS) is 12.8. The lowest BCUT2D eigenvalue weighted by atomic mass is 10.2. The van der Waals surface area contributed by atoms with E-state index in [1.54, 1.807) is 18.1 Å². The second kappa shape index (κ2) is 10.3. The Hall–Kier alpha value is -3.74. The maximum absolute atomic E-state index is 13.5. The molecule has 33 heavy (non-hydrogen) atoms. The molecule has 3 aromatic rings. The van der Waals surface area contributed by atoms with Gasteiger partial charge < -0.3 is 24.4 Å². The molecule has 2 aromatic carbocycles. The summed E-state index contributed by atoms with van der Waals surface area (Å²) in [5.74, 6) is 0.589. The average molecular weight is 447 g/mol. The van der Waals surface area contributed by atoms with Crippen LogP contribution in [0.5, 0.6) is 5.75 Å². The van der Waals surface area contributed by atoms with Gasteiger partial charge in [-0.2, -0.15) is 0 Å². The number of anilines is 1. The molecule has 0 bridgehead atoms. The van der Waals surface area contributed by atoms with Gasteiger partial charge in [0.2, 0.25) is 5.91 Å². The Kier molecular flexibility index (Phi) is 6.98. The topological polar surface area (TPSA) is 66.8 Å². The van der Waals surface area contributed by atoms with Crippen molar-refractivity contribution >= 4 is 17.6 Å². The third kappa shape index (κ3) is 5.94. The van der Waals surface area contributed by atoms with Crippen LogP contribution < -0.4 is 10.1 Å². The number of ether oxygens (including phenoxy) is 1. The Morgan fingerprint density at radius 1 is 1.03 bits per heavy atom. The largest absolute Gasteiger partial charge is 0.497 e. The van der Waals surface area contributed by atoms with Crippen LogP contribution in [0.2, 0.25) is 0 Å².